The van der Waals surface area contributed by atoms with Gasteiger partial charge < -0.3 is 15.0 Å². The first-order valence-electron chi connectivity index (χ1n) is 6.10. The third kappa shape index (κ3) is 1.43. The molecule has 0 saturated heterocycles. The van der Waals surface area contributed by atoms with Crippen molar-refractivity contribution >= 4 is 21.9 Å². The first kappa shape index (κ1) is 10.2. The molecule has 0 aliphatic rings. The second-order valence-corrected chi connectivity index (χ2v) is 4.57. The van der Waals surface area contributed by atoms with Crippen molar-refractivity contribution in [3.8, 4) is 11.1 Å². The van der Waals surface area contributed by atoms with E-state index >= 15 is 0 Å². The van der Waals surface area contributed by atoms with Gasteiger partial charge in [-0.3, -0.25) is 4.79 Å². The van der Waals surface area contributed by atoms with Crippen molar-refractivity contribution in [2.75, 3.05) is 0 Å². The lowest BCUT2D eigenvalue weighted by atomic mass is 10.1. The first-order chi connectivity index (χ1) is 9.33. The number of aromatic nitrogens is 3. The number of aromatic amines is 3. The number of nitrogens with one attached hydrogen (secondary N) is 3. The van der Waals surface area contributed by atoms with Crippen LogP contribution in [0.1, 0.15) is 0 Å². The van der Waals surface area contributed by atoms with E-state index in [1.54, 1.807) is 6.07 Å². The summed E-state index contributed by atoms with van der Waals surface area (Å²) in [5.74, 6) is 0. The SMILES string of the molecule is O=c1cc(-c2cc[nH]c2)c2[nH]c3ccccc3c2[nH]1. The third-order valence-electron chi connectivity index (χ3n) is 3.41. The third-order valence-corrected chi connectivity index (χ3v) is 3.41. The Kier molecular flexibility index (Phi) is 1.94. The molecule has 19 heavy (non-hydrogen) atoms. The second-order valence-electron chi connectivity index (χ2n) is 4.57. The van der Waals surface area contributed by atoms with E-state index in [0.717, 1.165) is 33.1 Å². The molecule has 3 heterocycles. The zero-order valence-electron chi connectivity index (χ0n) is 10.0. The molecule has 0 spiro atoms. The summed E-state index contributed by atoms with van der Waals surface area (Å²) in [4.78, 5) is 21.2. The lowest BCUT2D eigenvalue weighted by Crippen LogP contribution is -2.03. The fourth-order valence-corrected chi connectivity index (χ4v) is 2.56. The molecule has 0 radical (unpaired) electrons. The van der Waals surface area contributed by atoms with Gasteiger partial charge in [-0.05, 0) is 12.1 Å². The summed E-state index contributed by atoms with van der Waals surface area (Å²) in [6, 6.07) is 11.5. The Balaban J connectivity index is 2.22. The maximum absolute atomic E-state index is 11.9. The predicted molar refractivity (Wildman–Crippen MR) is 76.2 cm³/mol. The van der Waals surface area contributed by atoms with Crippen LogP contribution in [0, 0.1) is 0 Å². The minimum Gasteiger partial charge on any atom is -0.367 e. The quantitative estimate of drug-likeness (QED) is 0.477. The largest absolute Gasteiger partial charge is 0.367 e. The van der Waals surface area contributed by atoms with Gasteiger partial charge in [0.05, 0.1) is 11.0 Å². The summed E-state index contributed by atoms with van der Waals surface area (Å²) >= 11 is 0. The van der Waals surface area contributed by atoms with Gasteiger partial charge in [-0.15, -0.1) is 0 Å². The van der Waals surface area contributed by atoms with Gasteiger partial charge in [-0.2, -0.15) is 0 Å². The summed E-state index contributed by atoms with van der Waals surface area (Å²) < 4.78 is 0. The van der Waals surface area contributed by atoms with Gasteiger partial charge in [-0.1, -0.05) is 18.2 Å². The maximum atomic E-state index is 11.9. The molecule has 4 nitrogen and oxygen atoms in total. The van der Waals surface area contributed by atoms with Crippen LogP contribution in [0.15, 0.2) is 53.6 Å². The molecule has 0 unspecified atom stereocenters. The van der Waals surface area contributed by atoms with Crippen molar-refractivity contribution in [1.82, 2.24) is 15.0 Å². The van der Waals surface area contributed by atoms with E-state index in [4.69, 9.17) is 0 Å². The van der Waals surface area contributed by atoms with E-state index in [0.29, 0.717) is 0 Å². The molecule has 0 amide bonds. The molecule has 0 fully saturated rings. The van der Waals surface area contributed by atoms with Gasteiger partial charge >= 0.3 is 0 Å². The Bertz CT molecular complexity index is 929. The van der Waals surface area contributed by atoms with Gasteiger partial charge in [-0.25, -0.2) is 0 Å². The zero-order valence-corrected chi connectivity index (χ0v) is 10.0. The average molecular weight is 249 g/mol. The van der Waals surface area contributed by atoms with Crippen LogP contribution in [0.4, 0.5) is 0 Å². The summed E-state index contributed by atoms with van der Waals surface area (Å²) in [7, 11) is 0. The number of benzene rings is 1. The van der Waals surface area contributed by atoms with E-state index in [-0.39, 0.29) is 5.56 Å². The molecule has 0 saturated carbocycles. The second kappa shape index (κ2) is 3.62. The van der Waals surface area contributed by atoms with E-state index < -0.39 is 0 Å². The molecule has 0 aliphatic carbocycles. The molecule has 3 N–H and O–H groups in total. The highest BCUT2D eigenvalue weighted by Gasteiger charge is 2.11. The van der Waals surface area contributed by atoms with Crippen LogP contribution in [-0.2, 0) is 0 Å². The van der Waals surface area contributed by atoms with E-state index in [1.807, 2.05) is 42.7 Å². The van der Waals surface area contributed by atoms with Gasteiger partial charge in [0.1, 0.15) is 0 Å². The molecule has 4 aromatic rings. The van der Waals surface area contributed by atoms with Crippen LogP contribution in [0.3, 0.4) is 0 Å². The fourth-order valence-electron chi connectivity index (χ4n) is 2.56. The van der Waals surface area contributed by atoms with Gasteiger partial charge in [0.25, 0.3) is 0 Å². The lowest BCUT2D eigenvalue weighted by Gasteiger charge is -1.99. The van der Waals surface area contributed by atoms with Gasteiger partial charge in [0, 0.05) is 40.5 Å². The summed E-state index contributed by atoms with van der Waals surface area (Å²) in [5.41, 5.74) is 4.67. The molecule has 4 heteroatoms. The van der Waals surface area contributed by atoms with Crippen molar-refractivity contribution in [3.05, 3.63) is 59.1 Å². The molecular formula is C15H11N3O. The molecule has 3 aromatic heterocycles. The number of para-hydroxylation sites is 1. The van der Waals surface area contributed by atoms with Crippen molar-refractivity contribution in [3.63, 3.8) is 0 Å². The average Bonchev–Trinajstić information content (AvgIpc) is 3.05. The molecular weight excluding hydrogens is 238 g/mol. The van der Waals surface area contributed by atoms with Crippen molar-refractivity contribution in [1.29, 1.82) is 0 Å². The maximum Gasteiger partial charge on any atom is 0.249 e. The Hall–Kier alpha value is -2.75. The first-order valence-corrected chi connectivity index (χ1v) is 6.10. The van der Waals surface area contributed by atoms with Crippen molar-refractivity contribution in [2.45, 2.75) is 0 Å². The Labute approximate surface area is 108 Å². The number of rotatable bonds is 1. The topological polar surface area (TPSA) is 64.4 Å². The highest BCUT2D eigenvalue weighted by atomic mass is 16.1. The summed E-state index contributed by atoms with van der Waals surface area (Å²) in [5, 5.41) is 1.03. The molecule has 0 bridgehead atoms. The summed E-state index contributed by atoms with van der Waals surface area (Å²) in [6.45, 7) is 0. The highest BCUT2D eigenvalue weighted by molar-refractivity contribution is 6.09. The van der Waals surface area contributed by atoms with Crippen LogP contribution >= 0.6 is 0 Å². The number of H-pyrrole nitrogens is 3. The van der Waals surface area contributed by atoms with E-state index in [2.05, 4.69) is 15.0 Å². The van der Waals surface area contributed by atoms with Crippen LogP contribution in [0.2, 0.25) is 0 Å². The molecule has 0 aliphatic heterocycles. The van der Waals surface area contributed by atoms with E-state index in [1.165, 1.54) is 0 Å². The number of hydrogen-bond acceptors (Lipinski definition) is 1. The molecule has 92 valence electrons. The highest BCUT2D eigenvalue weighted by Crippen LogP contribution is 2.30. The molecule has 1 aromatic carbocycles. The van der Waals surface area contributed by atoms with Crippen LogP contribution in [0.25, 0.3) is 33.1 Å². The minimum absolute atomic E-state index is 0.0894. The lowest BCUT2D eigenvalue weighted by molar-refractivity contribution is 1.31. The smallest absolute Gasteiger partial charge is 0.249 e. The number of hydrogen-bond donors (Lipinski definition) is 3. The number of pyridine rings is 1. The minimum atomic E-state index is -0.0894. The van der Waals surface area contributed by atoms with Crippen molar-refractivity contribution < 1.29 is 0 Å². The monoisotopic (exact) mass is 249 g/mol. The number of fused-ring (bicyclic) bond motifs is 3. The van der Waals surface area contributed by atoms with Crippen molar-refractivity contribution in [2.24, 2.45) is 0 Å². The Morgan fingerprint density at radius 1 is 0.947 bits per heavy atom. The summed E-state index contributed by atoms with van der Waals surface area (Å²) in [6.07, 6.45) is 3.74. The van der Waals surface area contributed by atoms with Crippen LogP contribution in [0.5, 0.6) is 0 Å². The zero-order chi connectivity index (χ0) is 12.8. The predicted octanol–water partition coefficient (Wildman–Crippen LogP) is 3.00. The normalized spacial score (nSPS) is 11.4. The molecule has 0 atom stereocenters. The van der Waals surface area contributed by atoms with E-state index in [9.17, 15) is 4.79 Å². The van der Waals surface area contributed by atoms with Gasteiger partial charge in [0.2, 0.25) is 5.56 Å². The fraction of sp³-hybridized carbons (Fsp3) is 0. The Morgan fingerprint density at radius 3 is 2.68 bits per heavy atom. The molecule has 4 rings (SSSR count). The van der Waals surface area contributed by atoms with Gasteiger partial charge in [0.15, 0.2) is 0 Å². The van der Waals surface area contributed by atoms with Crippen LogP contribution < -0.4 is 5.56 Å². The standard InChI is InChI=1S/C15H11N3O/c19-13-7-11(9-5-6-16-8-9)15-14(18-13)10-3-1-2-4-12(10)17-15/h1-8,16-17H,(H,18,19). The van der Waals surface area contributed by atoms with Crippen LogP contribution in [-0.4, -0.2) is 15.0 Å². The Morgan fingerprint density at radius 2 is 1.84 bits per heavy atom.